The summed E-state index contributed by atoms with van der Waals surface area (Å²) in [6.45, 7) is 6.41. The number of halogens is 1. The van der Waals surface area contributed by atoms with Gasteiger partial charge < -0.3 is 10.4 Å². The summed E-state index contributed by atoms with van der Waals surface area (Å²) in [6, 6.07) is 5.93. The molecule has 0 fully saturated rings. The van der Waals surface area contributed by atoms with Crippen LogP contribution in [0, 0.1) is 12.8 Å². The van der Waals surface area contributed by atoms with Crippen LogP contribution in [0.25, 0.3) is 0 Å². The number of aliphatic hydroxyl groups is 1. The molecule has 0 aliphatic carbocycles. The fourth-order valence-electron chi connectivity index (χ4n) is 2.05. The molecule has 0 radical (unpaired) electrons. The molecule has 0 unspecified atom stereocenters. The first-order valence-electron chi connectivity index (χ1n) is 6.58. The van der Waals surface area contributed by atoms with Gasteiger partial charge in [-0.15, -0.1) is 0 Å². The number of aliphatic hydroxyl groups excluding tert-OH is 1. The van der Waals surface area contributed by atoms with Gasteiger partial charge in [0.25, 0.3) is 0 Å². The van der Waals surface area contributed by atoms with Crippen molar-refractivity contribution in [2.45, 2.75) is 39.7 Å². The van der Waals surface area contributed by atoms with Crippen LogP contribution in [0.2, 0.25) is 0 Å². The lowest BCUT2D eigenvalue weighted by Crippen LogP contribution is -2.30. The highest BCUT2D eigenvalue weighted by Crippen LogP contribution is 2.16. The zero-order chi connectivity index (χ0) is 14.4. The summed E-state index contributed by atoms with van der Waals surface area (Å²) < 4.78 is 1.03. The van der Waals surface area contributed by atoms with E-state index >= 15 is 0 Å². The number of amides is 1. The van der Waals surface area contributed by atoms with Gasteiger partial charge in [-0.2, -0.15) is 0 Å². The van der Waals surface area contributed by atoms with E-state index in [1.165, 1.54) is 0 Å². The highest BCUT2D eigenvalue weighted by molar-refractivity contribution is 9.10. The van der Waals surface area contributed by atoms with Crippen molar-refractivity contribution >= 4 is 21.8 Å². The predicted octanol–water partition coefficient (Wildman–Crippen LogP) is 2.82. The van der Waals surface area contributed by atoms with Gasteiger partial charge in [0.15, 0.2) is 0 Å². The van der Waals surface area contributed by atoms with E-state index in [1.807, 2.05) is 32.0 Å². The Morgan fingerprint density at radius 3 is 2.68 bits per heavy atom. The van der Waals surface area contributed by atoms with Crippen molar-refractivity contribution in [2.75, 3.05) is 6.54 Å². The molecule has 1 aromatic carbocycles. The first-order valence-corrected chi connectivity index (χ1v) is 7.37. The third-order valence-corrected chi connectivity index (χ3v) is 3.54. The van der Waals surface area contributed by atoms with Crippen molar-refractivity contribution in [3.63, 3.8) is 0 Å². The van der Waals surface area contributed by atoms with E-state index in [4.69, 9.17) is 0 Å². The SMILES string of the molecule is Cc1cc(Br)ccc1CC(=O)NC[C@H](C)C[C@@H](C)O. The maximum absolute atomic E-state index is 11.9. The summed E-state index contributed by atoms with van der Waals surface area (Å²) in [7, 11) is 0. The van der Waals surface area contributed by atoms with Crippen molar-refractivity contribution in [1.29, 1.82) is 0 Å². The molecule has 1 rings (SSSR count). The van der Waals surface area contributed by atoms with E-state index in [0.29, 0.717) is 19.4 Å². The number of hydrogen-bond acceptors (Lipinski definition) is 2. The number of aryl methyl sites for hydroxylation is 1. The Kier molecular flexibility index (Phi) is 6.52. The molecule has 1 aromatic rings. The van der Waals surface area contributed by atoms with Crippen LogP contribution in [-0.4, -0.2) is 23.7 Å². The third-order valence-electron chi connectivity index (χ3n) is 3.05. The second kappa shape index (κ2) is 7.65. The molecular formula is C15H22BrNO2. The molecule has 3 nitrogen and oxygen atoms in total. The zero-order valence-corrected chi connectivity index (χ0v) is 13.3. The average molecular weight is 328 g/mol. The molecule has 106 valence electrons. The van der Waals surface area contributed by atoms with Gasteiger partial charge >= 0.3 is 0 Å². The minimum absolute atomic E-state index is 0.0304. The number of carbonyl (C=O) groups is 1. The van der Waals surface area contributed by atoms with Gasteiger partial charge in [-0.25, -0.2) is 0 Å². The largest absolute Gasteiger partial charge is 0.393 e. The van der Waals surface area contributed by atoms with Crippen LogP contribution in [-0.2, 0) is 11.2 Å². The van der Waals surface area contributed by atoms with Crippen molar-refractivity contribution in [3.05, 3.63) is 33.8 Å². The van der Waals surface area contributed by atoms with Crippen molar-refractivity contribution in [3.8, 4) is 0 Å². The first-order chi connectivity index (χ1) is 8.88. The van der Waals surface area contributed by atoms with E-state index < -0.39 is 0 Å². The Hall–Kier alpha value is -0.870. The summed E-state index contributed by atoms with van der Waals surface area (Å²) in [5, 5.41) is 12.2. The van der Waals surface area contributed by atoms with Crippen molar-refractivity contribution in [1.82, 2.24) is 5.32 Å². The van der Waals surface area contributed by atoms with Crippen LogP contribution in [0.5, 0.6) is 0 Å². The quantitative estimate of drug-likeness (QED) is 0.844. The van der Waals surface area contributed by atoms with Crippen LogP contribution < -0.4 is 5.32 Å². The number of carbonyl (C=O) groups excluding carboxylic acids is 1. The Balaban J connectivity index is 2.43. The summed E-state index contributed by atoms with van der Waals surface area (Å²) in [4.78, 5) is 11.9. The fraction of sp³-hybridized carbons (Fsp3) is 0.533. The molecule has 0 bridgehead atoms. The molecule has 0 saturated carbocycles. The highest BCUT2D eigenvalue weighted by Gasteiger charge is 2.10. The van der Waals surface area contributed by atoms with Gasteiger partial charge in [0.05, 0.1) is 12.5 Å². The molecule has 0 aliphatic heterocycles. The van der Waals surface area contributed by atoms with Gasteiger partial charge in [-0.05, 0) is 49.4 Å². The summed E-state index contributed by atoms with van der Waals surface area (Å²) in [6.07, 6.45) is 0.790. The van der Waals surface area contributed by atoms with Crippen LogP contribution in [0.4, 0.5) is 0 Å². The van der Waals surface area contributed by atoms with Crippen molar-refractivity contribution in [2.24, 2.45) is 5.92 Å². The lowest BCUT2D eigenvalue weighted by molar-refractivity contribution is -0.120. The Labute approximate surface area is 123 Å². The molecule has 0 saturated heterocycles. The predicted molar refractivity (Wildman–Crippen MR) is 81.1 cm³/mol. The Bertz CT molecular complexity index is 432. The summed E-state index contributed by atoms with van der Waals surface area (Å²) in [5.74, 6) is 0.317. The second-order valence-electron chi connectivity index (χ2n) is 5.24. The fourth-order valence-corrected chi connectivity index (χ4v) is 2.52. The third kappa shape index (κ3) is 6.21. The molecule has 19 heavy (non-hydrogen) atoms. The summed E-state index contributed by atoms with van der Waals surface area (Å²) >= 11 is 3.41. The Morgan fingerprint density at radius 2 is 2.11 bits per heavy atom. The second-order valence-corrected chi connectivity index (χ2v) is 6.16. The van der Waals surface area contributed by atoms with Gasteiger partial charge in [-0.3, -0.25) is 4.79 Å². The van der Waals surface area contributed by atoms with Gasteiger partial charge in [0.2, 0.25) is 5.91 Å². The van der Waals surface area contributed by atoms with E-state index in [0.717, 1.165) is 15.6 Å². The lowest BCUT2D eigenvalue weighted by Gasteiger charge is -2.14. The molecule has 1 amide bonds. The van der Waals surface area contributed by atoms with Gasteiger partial charge in [0, 0.05) is 11.0 Å². The van der Waals surface area contributed by atoms with E-state index in [9.17, 15) is 9.90 Å². The standard InChI is InChI=1S/C15H22BrNO2/c1-10(6-12(3)18)9-17-15(19)8-13-4-5-14(16)7-11(13)2/h4-5,7,10,12,18H,6,8-9H2,1-3H3,(H,17,19)/t10-,12-/m1/s1. The number of benzene rings is 1. The van der Waals surface area contributed by atoms with Crippen molar-refractivity contribution < 1.29 is 9.90 Å². The topological polar surface area (TPSA) is 49.3 Å². The van der Waals surface area contributed by atoms with Gasteiger partial charge in [0.1, 0.15) is 0 Å². The minimum atomic E-state index is -0.319. The molecule has 2 N–H and O–H groups in total. The van der Waals surface area contributed by atoms with Gasteiger partial charge in [-0.1, -0.05) is 28.9 Å². The molecule has 2 atom stereocenters. The maximum Gasteiger partial charge on any atom is 0.224 e. The van der Waals surface area contributed by atoms with E-state index in [2.05, 4.69) is 21.2 Å². The lowest BCUT2D eigenvalue weighted by atomic mass is 10.0. The van der Waals surface area contributed by atoms with Crippen LogP contribution >= 0.6 is 15.9 Å². The summed E-state index contributed by atoms with van der Waals surface area (Å²) in [5.41, 5.74) is 2.16. The van der Waals surface area contributed by atoms with Crippen LogP contribution in [0.15, 0.2) is 22.7 Å². The minimum Gasteiger partial charge on any atom is -0.393 e. The molecule has 4 heteroatoms. The zero-order valence-electron chi connectivity index (χ0n) is 11.7. The maximum atomic E-state index is 11.9. The molecular weight excluding hydrogens is 306 g/mol. The Morgan fingerprint density at radius 1 is 1.42 bits per heavy atom. The molecule has 0 spiro atoms. The number of rotatable bonds is 6. The van der Waals surface area contributed by atoms with Crippen LogP contribution in [0.1, 0.15) is 31.4 Å². The number of nitrogens with one attached hydrogen (secondary N) is 1. The molecule has 0 heterocycles. The first kappa shape index (κ1) is 16.2. The van der Waals surface area contributed by atoms with E-state index in [1.54, 1.807) is 6.92 Å². The average Bonchev–Trinajstić information content (AvgIpc) is 2.29. The number of hydrogen-bond donors (Lipinski definition) is 2. The smallest absolute Gasteiger partial charge is 0.224 e. The monoisotopic (exact) mass is 327 g/mol. The van der Waals surface area contributed by atoms with Crippen LogP contribution in [0.3, 0.4) is 0 Å². The normalized spacial score (nSPS) is 13.9. The van der Waals surface area contributed by atoms with E-state index in [-0.39, 0.29) is 17.9 Å². The molecule has 0 aromatic heterocycles. The highest BCUT2D eigenvalue weighted by atomic mass is 79.9. The molecule has 0 aliphatic rings.